The van der Waals surface area contributed by atoms with Gasteiger partial charge in [-0.25, -0.2) is 9.59 Å². The van der Waals surface area contributed by atoms with Crippen LogP contribution in [-0.2, 0) is 0 Å². The van der Waals surface area contributed by atoms with Crippen molar-refractivity contribution in [3.63, 3.8) is 0 Å². The number of hydrogen-bond acceptors (Lipinski definition) is 4. The van der Waals surface area contributed by atoms with Crippen LogP contribution in [0.4, 0.5) is 0 Å². The minimum absolute atomic E-state index is 0.0951. The molecular weight excluding hydrogens is 408 g/mol. The van der Waals surface area contributed by atoms with Gasteiger partial charge >= 0.3 is 11.9 Å². The number of furan rings is 2. The lowest BCUT2D eigenvalue weighted by Crippen LogP contribution is -1.95. The fraction of sp³-hybridized carbons (Fsp3) is 0. The fourth-order valence-electron chi connectivity index (χ4n) is 4.40. The molecule has 0 amide bonds. The number of hydrogen-bond donors (Lipinski definition) is 2. The molecule has 6 rings (SSSR count). The van der Waals surface area contributed by atoms with E-state index in [4.69, 9.17) is 8.83 Å². The summed E-state index contributed by atoms with van der Waals surface area (Å²) in [6.45, 7) is 0. The summed E-state index contributed by atoms with van der Waals surface area (Å²) in [7, 11) is 0. The van der Waals surface area contributed by atoms with Crippen molar-refractivity contribution in [2.75, 3.05) is 0 Å². The van der Waals surface area contributed by atoms with E-state index in [2.05, 4.69) is 0 Å². The largest absolute Gasteiger partial charge is 0.478 e. The van der Waals surface area contributed by atoms with Gasteiger partial charge in [0, 0.05) is 32.7 Å². The summed E-state index contributed by atoms with van der Waals surface area (Å²) in [5.74, 6) is -2.12. The number of carboxylic acid groups (broad SMARTS) is 2. The monoisotopic (exact) mass is 422 g/mol. The van der Waals surface area contributed by atoms with Gasteiger partial charge in [-0.15, -0.1) is 0 Å². The van der Waals surface area contributed by atoms with E-state index in [0.717, 1.165) is 21.9 Å². The Labute approximate surface area is 179 Å². The van der Waals surface area contributed by atoms with Crippen LogP contribution in [-0.4, -0.2) is 22.2 Å². The number of para-hydroxylation sites is 4. The minimum Gasteiger partial charge on any atom is -0.478 e. The first kappa shape index (κ1) is 18.2. The maximum Gasteiger partial charge on any atom is 0.339 e. The molecule has 154 valence electrons. The first-order chi connectivity index (χ1) is 15.5. The summed E-state index contributed by atoms with van der Waals surface area (Å²) < 4.78 is 12.2. The number of carbonyl (C=O) groups is 2. The van der Waals surface area contributed by atoms with E-state index in [-0.39, 0.29) is 11.1 Å². The maximum atomic E-state index is 11.7. The summed E-state index contributed by atoms with van der Waals surface area (Å²) in [6.07, 6.45) is 0. The number of rotatable bonds is 3. The van der Waals surface area contributed by atoms with E-state index in [1.807, 2.05) is 48.5 Å². The van der Waals surface area contributed by atoms with E-state index in [1.165, 1.54) is 12.1 Å². The highest BCUT2D eigenvalue weighted by Gasteiger charge is 2.21. The quantitative estimate of drug-likeness (QED) is 0.335. The van der Waals surface area contributed by atoms with Crippen LogP contribution in [0.5, 0.6) is 0 Å². The molecule has 2 aromatic heterocycles. The zero-order chi connectivity index (χ0) is 22.0. The summed E-state index contributed by atoms with van der Waals surface area (Å²) in [5.41, 5.74) is 3.37. The van der Waals surface area contributed by atoms with E-state index in [0.29, 0.717) is 33.1 Å². The highest BCUT2D eigenvalue weighted by molar-refractivity contribution is 6.18. The first-order valence-corrected chi connectivity index (χ1v) is 9.90. The van der Waals surface area contributed by atoms with Crippen molar-refractivity contribution >= 4 is 55.8 Å². The predicted molar refractivity (Wildman–Crippen MR) is 120 cm³/mol. The predicted octanol–water partition coefficient (Wildman–Crippen LogP) is 6.55. The Bertz CT molecular complexity index is 1600. The maximum absolute atomic E-state index is 11.7. The fourth-order valence-corrected chi connectivity index (χ4v) is 4.40. The van der Waals surface area contributed by atoms with Crippen molar-refractivity contribution in [1.82, 2.24) is 0 Å². The molecule has 0 spiro atoms. The van der Waals surface area contributed by atoms with Crippen molar-refractivity contribution in [3.8, 4) is 11.1 Å². The molecule has 0 fully saturated rings. The second-order valence-electron chi connectivity index (χ2n) is 7.54. The van der Waals surface area contributed by atoms with Crippen LogP contribution < -0.4 is 0 Å². The van der Waals surface area contributed by atoms with Crippen LogP contribution in [0.1, 0.15) is 20.7 Å². The Kier molecular flexibility index (Phi) is 3.67. The molecule has 2 heterocycles. The zero-order valence-electron chi connectivity index (χ0n) is 16.5. The molecule has 0 bridgehead atoms. The highest BCUT2D eigenvalue weighted by atomic mass is 16.4. The highest BCUT2D eigenvalue weighted by Crippen LogP contribution is 2.41. The summed E-state index contributed by atoms with van der Waals surface area (Å²) in [6, 6.07) is 21.4. The molecule has 0 atom stereocenters. The third kappa shape index (κ3) is 2.40. The molecule has 0 aliphatic carbocycles. The normalized spacial score (nSPS) is 11.6. The molecular formula is C26H14O6. The average Bonchev–Trinajstić information content (AvgIpc) is 3.37. The molecule has 6 heteroatoms. The van der Waals surface area contributed by atoms with Gasteiger partial charge in [0.25, 0.3) is 0 Å². The van der Waals surface area contributed by atoms with E-state index < -0.39 is 11.9 Å². The Morgan fingerprint density at radius 2 is 0.844 bits per heavy atom. The molecule has 6 aromatic rings. The van der Waals surface area contributed by atoms with Crippen molar-refractivity contribution in [2.24, 2.45) is 0 Å². The Morgan fingerprint density at radius 3 is 1.22 bits per heavy atom. The molecule has 0 unspecified atom stereocenters. The third-order valence-electron chi connectivity index (χ3n) is 5.80. The van der Waals surface area contributed by atoms with Crippen molar-refractivity contribution in [2.45, 2.75) is 0 Å². The third-order valence-corrected chi connectivity index (χ3v) is 5.80. The standard InChI is InChI=1S/C26H14O6/c27-25(28)19-11-3-9-17-15-7-1-5-13(21(15)31-23(17)19)14-6-2-8-16-18-10-4-12-20(26(29)30)24(18)32-22(14)16/h1-12H,(H,27,28)(H,29,30). The number of benzene rings is 4. The van der Waals surface area contributed by atoms with Gasteiger partial charge in [0.1, 0.15) is 33.5 Å². The van der Waals surface area contributed by atoms with Gasteiger partial charge in [0.05, 0.1) is 0 Å². The van der Waals surface area contributed by atoms with Crippen LogP contribution in [0.25, 0.3) is 55.0 Å². The lowest BCUT2D eigenvalue weighted by molar-refractivity contribution is 0.0687. The van der Waals surface area contributed by atoms with Gasteiger partial charge in [0.2, 0.25) is 0 Å². The van der Waals surface area contributed by atoms with Crippen molar-refractivity contribution in [3.05, 3.63) is 83.9 Å². The van der Waals surface area contributed by atoms with Crippen LogP contribution >= 0.6 is 0 Å². The zero-order valence-corrected chi connectivity index (χ0v) is 16.5. The summed E-state index contributed by atoms with van der Waals surface area (Å²) in [5, 5.41) is 22.1. The van der Waals surface area contributed by atoms with E-state index >= 15 is 0 Å². The van der Waals surface area contributed by atoms with Crippen LogP contribution in [0.15, 0.2) is 81.6 Å². The average molecular weight is 422 g/mol. The second kappa shape index (κ2) is 6.46. The summed E-state index contributed by atoms with van der Waals surface area (Å²) in [4.78, 5) is 23.4. The lowest BCUT2D eigenvalue weighted by atomic mass is 9.99. The number of fused-ring (bicyclic) bond motifs is 6. The molecule has 0 aliphatic rings. The lowest BCUT2D eigenvalue weighted by Gasteiger charge is -2.03. The van der Waals surface area contributed by atoms with Crippen LogP contribution in [0.2, 0.25) is 0 Å². The second-order valence-corrected chi connectivity index (χ2v) is 7.54. The van der Waals surface area contributed by atoms with Crippen LogP contribution in [0.3, 0.4) is 0 Å². The SMILES string of the molecule is O=C(O)c1cccc2c1oc1c(-c3cccc4c3oc3c(C(=O)O)cccc34)cccc12. The Balaban J connectivity index is 1.72. The molecule has 4 aromatic carbocycles. The van der Waals surface area contributed by atoms with Gasteiger partial charge in [-0.05, 0) is 12.1 Å². The summed E-state index contributed by atoms with van der Waals surface area (Å²) >= 11 is 0. The van der Waals surface area contributed by atoms with E-state index in [1.54, 1.807) is 12.1 Å². The Hall–Kier alpha value is -4.58. The molecule has 0 radical (unpaired) electrons. The molecule has 6 nitrogen and oxygen atoms in total. The van der Waals surface area contributed by atoms with Crippen LogP contribution in [0, 0.1) is 0 Å². The van der Waals surface area contributed by atoms with Crippen molar-refractivity contribution in [1.29, 1.82) is 0 Å². The molecule has 0 saturated carbocycles. The smallest absolute Gasteiger partial charge is 0.339 e. The molecule has 2 N–H and O–H groups in total. The Morgan fingerprint density at radius 1 is 0.500 bits per heavy atom. The van der Waals surface area contributed by atoms with Gasteiger partial charge in [-0.1, -0.05) is 60.7 Å². The van der Waals surface area contributed by atoms with Crippen molar-refractivity contribution < 1.29 is 28.6 Å². The molecule has 0 aliphatic heterocycles. The topological polar surface area (TPSA) is 101 Å². The molecule has 32 heavy (non-hydrogen) atoms. The molecule has 0 saturated heterocycles. The van der Waals surface area contributed by atoms with Gasteiger partial charge in [0.15, 0.2) is 0 Å². The van der Waals surface area contributed by atoms with Gasteiger partial charge in [-0.3, -0.25) is 0 Å². The van der Waals surface area contributed by atoms with Gasteiger partial charge < -0.3 is 19.0 Å². The van der Waals surface area contributed by atoms with Gasteiger partial charge in [-0.2, -0.15) is 0 Å². The minimum atomic E-state index is -1.06. The first-order valence-electron chi connectivity index (χ1n) is 9.90. The number of carboxylic acids is 2. The van der Waals surface area contributed by atoms with E-state index in [9.17, 15) is 19.8 Å². The number of aromatic carboxylic acids is 2.